The molecule has 0 radical (unpaired) electrons. The number of rotatable bonds is 9. The highest BCUT2D eigenvalue weighted by molar-refractivity contribution is 5.30. The van der Waals surface area contributed by atoms with Gasteiger partial charge in [-0.05, 0) is 13.3 Å². The SMILES string of the molecule is CCC(C)n1c(CO)cc(=O)c(O)c1CN(CCO)CCO. The average molecular weight is 314 g/mol. The maximum absolute atomic E-state index is 11.9. The van der Waals surface area contributed by atoms with E-state index in [4.69, 9.17) is 10.2 Å². The number of pyridine rings is 1. The summed E-state index contributed by atoms with van der Waals surface area (Å²) in [5, 5.41) is 37.9. The summed E-state index contributed by atoms with van der Waals surface area (Å²) in [7, 11) is 0. The zero-order valence-corrected chi connectivity index (χ0v) is 13.2. The monoisotopic (exact) mass is 314 g/mol. The number of aliphatic hydroxyl groups is 3. The molecular weight excluding hydrogens is 288 g/mol. The van der Waals surface area contributed by atoms with Crippen LogP contribution in [-0.2, 0) is 13.2 Å². The lowest BCUT2D eigenvalue weighted by molar-refractivity contribution is 0.150. The highest BCUT2D eigenvalue weighted by Crippen LogP contribution is 2.23. The lowest BCUT2D eigenvalue weighted by Crippen LogP contribution is -2.32. The van der Waals surface area contributed by atoms with Crippen LogP contribution < -0.4 is 5.43 Å². The first-order chi connectivity index (χ1) is 10.5. The Morgan fingerprint density at radius 1 is 1.23 bits per heavy atom. The minimum atomic E-state index is -0.536. The Bertz CT molecular complexity index is 523. The first-order valence-corrected chi connectivity index (χ1v) is 7.51. The van der Waals surface area contributed by atoms with Gasteiger partial charge in [0.15, 0.2) is 5.75 Å². The van der Waals surface area contributed by atoms with E-state index in [0.29, 0.717) is 24.5 Å². The maximum atomic E-state index is 11.9. The van der Waals surface area contributed by atoms with Crippen molar-refractivity contribution in [1.29, 1.82) is 0 Å². The topological polar surface area (TPSA) is 106 Å². The number of hydrogen-bond acceptors (Lipinski definition) is 6. The molecule has 0 aliphatic rings. The van der Waals surface area contributed by atoms with Crippen molar-refractivity contribution < 1.29 is 20.4 Å². The molecule has 1 unspecified atom stereocenters. The van der Waals surface area contributed by atoms with E-state index in [1.165, 1.54) is 6.07 Å². The Morgan fingerprint density at radius 2 is 1.82 bits per heavy atom. The summed E-state index contributed by atoms with van der Waals surface area (Å²) in [5.74, 6) is -0.349. The third kappa shape index (κ3) is 4.30. The molecule has 0 amide bonds. The maximum Gasteiger partial charge on any atom is 0.223 e. The Labute approximate surface area is 130 Å². The zero-order valence-electron chi connectivity index (χ0n) is 13.2. The molecule has 0 aliphatic carbocycles. The minimum Gasteiger partial charge on any atom is -0.503 e. The number of aromatic hydroxyl groups is 1. The first kappa shape index (κ1) is 18.6. The van der Waals surface area contributed by atoms with Crippen molar-refractivity contribution in [1.82, 2.24) is 9.47 Å². The molecular formula is C15H26N2O5. The second-order valence-electron chi connectivity index (χ2n) is 5.30. The van der Waals surface area contributed by atoms with Gasteiger partial charge in [-0.25, -0.2) is 0 Å². The summed E-state index contributed by atoms with van der Waals surface area (Å²) < 4.78 is 1.76. The molecule has 1 aromatic heterocycles. The number of aromatic nitrogens is 1. The van der Waals surface area contributed by atoms with Crippen LogP contribution in [-0.4, -0.2) is 56.2 Å². The van der Waals surface area contributed by atoms with Gasteiger partial charge in [0.1, 0.15) is 0 Å². The van der Waals surface area contributed by atoms with Crippen LogP contribution in [0.3, 0.4) is 0 Å². The van der Waals surface area contributed by atoms with Gasteiger partial charge in [0.05, 0.1) is 25.5 Å². The van der Waals surface area contributed by atoms with Crippen molar-refractivity contribution in [3.8, 4) is 5.75 Å². The molecule has 1 atom stereocenters. The molecule has 0 bridgehead atoms. The van der Waals surface area contributed by atoms with Crippen LogP contribution in [0.2, 0.25) is 0 Å². The third-order valence-electron chi connectivity index (χ3n) is 3.80. The number of hydrogen-bond donors (Lipinski definition) is 4. The molecule has 1 aromatic rings. The molecule has 1 rings (SSSR count). The van der Waals surface area contributed by atoms with Crippen molar-refractivity contribution >= 4 is 0 Å². The predicted molar refractivity (Wildman–Crippen MR) is 82.7 cm³/mol. The fourth-order valence-electron chi connectivity index (χ4n) is 2.49. The highest BCUT2D eigenvalue weighted by Gasteiger charge is 2.20. The third-order valence-corrected chi connectivity index (χ3v) is 3.80. The fraction of sp³-hybridized carbons (Fsp3) is 0.667. The molecule has 7 heteroatoms. The molecule has 0 spiro atoms. The Kier molecular flexibility index (Phi) is 7.53. The molecule has 7 nitrogen and oxygen atoms in total. The van der Waals surface area contributed by atoms with Gasteiger partial charge in [-0.15, -0.1) is 0 Å². The van der Waals surface area contributed by atoms with Gasteiger partial charge in [0, 0.05) is 37.4 Å². The van der Waals surface area contributed by atoms with Crippen LogP contribution >= 0.6 is 0 Å². The smallest absolute Gasteiger partial charge is 0.223 e. The lowest BCUT2D eigenvalue weighted by atomic mass is 10.1. The second-order valence-corrected chi connectivity index (χ2v) is 5.30. The van der Waals surface area contributed by atoms with E-state index in [0.717, 1.165) is 6.42 Å². The van der Waals surface area contributed by atoms with Gasteiger partial charge < -0.3 is 25.0 Å². The summed E-state index contributed by atoms with van der Waals surface area (Å²) in [6.45, 7) is 4.28. The summed E-state index contributed by atoms with van der Waals surface area (Å²) in [6.07, 6.45) is 0.766. The second kappa shape index (κ2) is 8.89. The number of nitrogens with zero attached hydrogens (tertiary/aromatic N) is 2. The largest absolute Gasteiger partial charge is 0.503 e. The predicted octanol–water partition coefficient (Wildman–Crippen LogP) is -0.196. The number of aliphatic hydroxyl groups excluding tert-OH is 3. The molecule has 0 aromatic carbocycles. The van der Waals surface area contributed by atoms with E-state index in [1.54, 1.807) is 9.47 Å². The van der Waals surface area contributed by atoms with E-state index in [1.807, 2.05) is 13.8 Å². The molecule has 0 aliphatic heterocycles. The zero-order chi connectivity index (χ0) is 16.7. The quantitative estimate of drug-likeness (QED) is 0.503. The molecule has 1 heterocycles. The minimum absolute atomic E-state index is 0.00578. The van der Waals surface area contributed by atoms with Crippen LogP contribution in [0, 0.1) is 0 Å². The Morgan fingerprint density at radius 3 is 2.27 bits per heavy atom. The molecule has 0 fully saturated rings. The van der Waals surface area contributed by atoms with Gasteiger partial charge in [-0.2, -0.15) is 0 Å². The van der Waals surface area contributed by atoms with E-state index in [9.17, 15) is 15.0 Å². The average Bonchev–Trinajstić information content (AvgIpc) is 2.51. The van der Waals surface area contributed by atoms with Gasteiger partial charge in [-0.1, -0.05) is 6.92 Å². The van der Waals surface area contributed by atoms with Gasteiger partial charge >= 0.3 is 0 Å². The van der Waals surface area contributed by atoms with E-state index < -0.39 is 5.43 Å². The van der Waals surface area contributed by atoms with Gasteiger partial charge in [0.2, 0.25) is 5.43 Å². The van der Waals surface area contributed by atoms with E-state index in [-0.39, 0.29) is 38.2 Å². The standard InChI is InChI=1S/C15H26N2O5/c1-3-11(2)17-12(10-20)8-14(21)15(22)13(17)9-16(4-6-18)5-7-19/h8,11,18-20,22H,3-7,9-10H2,1-2H3. The van der Waals surface area contributed by atoms with Crippen LogP contribution in [0.4, 0.5) is 0 Å². The lowest BCUT2D eigenvalue weighted by Gasteiger charge is -2.28. The summed E-state index contributed by atoms with van der Waals surface area (Å²) >= 11 is 0. The van der Waals surface area contributed by atoms with Gasteiger partial charge in [-0.3, -0.25) is 9.69 Å². The molecule has 0 saturated heterocycles. The van der Waals surface area contributed by atoms with Crippen LogP contribution in [0.15, 0.2) is 10.9 Å². The molecule has 22 heavy (non-hydrogen) atoms. The van der Waals surface area contributed by atoms with Crippen molar-refractivity contribution in [2.75, 3.05) is 26.3 Å². The van der Waals surface area contributed by atoms with Crippen LogP contribution in [0.25, 0.3) is 0 Å². The van der Waals surface area contributed by atoms with Crippen molar-refractivity contribution in [3.05, 3.63) is 27.7 Å². The Balaban J connectivity index is 3.35. The molecule has 4 N–H and O–H groups in total. The summed E-state index contributed by atoms with van der Waals surface area (Å²) in [6, 6.07) is 1.24. The normalized spacial score (nSPS) is 12.8. The van der Waals surface area contributed by atoms with Crippen molar-refractivity contribution in [2.45, 2.75) is 39.5 Å². The summed E-state index contributed by atoms with van der Waals surface area (Å²) in [4.78, 5) is 13.6. The van der Waals surface area contributed by atoms with Crippen molar-refractivity contribution in [2.24, 2.45) is 0 Å². The van der Waals surface area contributed by atoms with Crippen LogP contribution in [0.1, 0.15) is 37.7 Å². The molecule has 0 saturated carbocycles. The van der Waals surface area contributed by atoms with Crippen molar-refractivity contribution in [3.63, 3.8) is 0 Å². The molecule has 126 valence electrons. The summed E-state index contributed by atoms with van der Waals surface area (Å²) in [5.41, 5.74) is 0.305. The Hall–Kier alpha value is -1.41. The first-order valence-electron chi connectivity index (χ1n) is 7.51. The fourth-order valence-corrected chi connectivity index (χ4v) is 2.49. The van der Waals surface area contributed by atoms with E-state index in [2.05, 4.69) is 0 Å². The highest BCUT2D eigenvalue weighted by atomic mass is 16.3. The van der Waals surface area contributed by atoms with Gasteiger partial charge in [0.25, 0.3) is 0 Å². The van der Waals surface area contributed by atoms with Crippen LogP contribution in [0.5, 0.6) is 5.75 Å². The van der Waals surface area contributed by atoms with E-state index >= 15 is 0 Å².